The lowest BCUT2D eigenvalue weighted by Gasteiger charge is -2.11. The first kappa shape index (κ1) is 18.5. The third kappa shape index (κ3) is 4.27. The number of benzene rings is 2. The number of sulfonamides is 1. The zero-order valence-electron chi connectivity index (χ0n) is 13.1. The minimum atomic E-state index is -3.87. The van der Waals surface area contributed by atoms with Gasteiger partial charge in [-0.15, -0.1) is 0 Å². The third-order valence-corrected chi connectivity index (χ3v) is 5.44. The Morgan fingerprint density at radius 2 is 1.81 bits per heavy atom. The first-order chi connectivity index (χ1) is 12.3. The van der Waals surface area contributed by atoms with Crippen molar-refractivity contribution in [3.05, 3.63) is 76.1 Å². The molecule has 1 heterocycles. The molecule has 0 aliphatic carbocycles. The number of amides is 1. The largest absolute Gasteiger partial charge is 0.444 e. The first-order valence-corrected chi connectivity index (χ1v) is 9.95. The highest BCUT2D eigenvalue weighted by Gasteiger charge is 2.17. The average Bonchev–Trinajstić information content (AvgIpc) is 3.04. The van der Waals surface area contributed by atoms with Gasteiger partial charge in [0.15, 0.2) is 10.4 Å². The molecule has 134 valence electrons. The van der Waals surface area contributed by atoms with Crippen LogP contribution in [0.15, 0.2) is 74.6 Å². The summed E-state index contributed by atoms with van der Waals surface area (Å²) in [6.07, 6.45) is 0. The first-order valence-electron chi connectivity index (χ1n) is 7.29. The molecule has 0 radical (unpaired) electrons. The van der Waals surface area contributed by atoms with E-state index >= 15 is 0 Å². The molecule has 1 aromatic heterocycles. The fourth-order valence-corrected chi connectivity index (χ4v) is 3.79. The molecule has 0 fully saturated rings. The summed E-state index contributed by atoms with van der Waals surface area (Å²) in [6.45, 7) is 0. The maximum absolute atomic E-state index is 12.6. The van der Waals surface area contributed by atoms with Crippen molar-refractivity contribution in [2.45, 2.75) is 4.90 Å². The van der Waals surface area contributed by atoms with Gasteiger partial charge in [0.2, 0.25) is 0 Å². The number of rotatable bonds is 5. The lowest BCUT2D eigenvalue weighted by molar-refractivity contribution is 0.0995. The second kappa shape index (κ2) is 7.53. The van der Waals surface area contributed by atoms with Gasteiger partial charge in [-0.05, 0) is 58.4 Å². The number of hydrogen-bond donors (Lipinski definition) is 2. The second-order valence-electron chi connectivity index (χ2n) is 5.17. The highest BCUT2D eigenvalue weighted by molar-refractivity contribution is 9.10. The quantitative estimate of drug-likeness (QED) is 0.581. The van der Waals surface area contributed by atoms with Crippen LogP contribution in [0.1, 0.15) is 10.6 Å². The number of para-hydroxylation sites is 1. The monoisotopic (exact) mass is 454 g/mol. The lowest BCUT2D eigenvalue weighted by atomic mass is 10.3. The van der Waals surface area contributed by atoms with Crippen molar-refractivity contribution >= 4 is 54.8 Å². The van der Waals surface area contributed by atoms with E-state index in [-0.39, 0.29) is 21.4 Å². The Morgan fingerprint density at radius 3 is 2.50 bits per heavy atom. The molecule has 0 spiro atoms. The predicted molar refractivity (Wildman–Crippen MR) is 103 cm³/mol. The number of furan rings is 1. The topological polar surface area (TPSA) is 88.4 Å². The van der Waals surface area contributed by atoms with Gasteiger partial charge >= 0.3 is 0 Å². The minimum Gasteiger partial charge on any atom is -0.444 e. The molecule has 6 nitrogen and oxygen atoms in total. The molecule has 1 amide bonds. The molecular weight excluding hydrogens is 444 g/mol. The van der Waals surface area contributed by atoms with Crippen LogP contribution in [0.25, 0.3) is 0 Å². The zero-order valence-corrected chi connectivity index (χ0v) is 16.2. The fourth-order valence-electron chi connectivity index (χ4n) is 2.12. The van der Waals surface area contributed by atoms with Gasteiger partial charge < -0.3 is 9.73 Å². The maximum Gasteiger partial charge on any atom is 0.291 e. The molecule has 0 bridgehead atoms. The highest BCUT2D eigenvalue weighted by atomic mass is 79.9. The van der Waals surface area contributed by atoms with Gasteiger partial charge in [-0.2, -0.15) is 0 Å². The summed E-state index contributed by atoms with van der Waals surface area (Å²) >= 11 is 9.11. The summed E-state index contributed by atoms with van der Waals surface area (Å²) in [4.78, 5) is 12.1. The van der Waals surface area contributed by atoms with Crippen molar-refractivity contribution in [1.82, 2.24) is 0 Å². The molecule has 3 rings (SSSR count). The molecule has 0 atom stereocenters. The number of halogens is 2. The van der Waals surface area contributed by atoms with Crippen LogP contribution in [0, 0.1) is 0 Å². The van der Waals surface area contributed by atoms with Crippen LogP contribution in [0.5, 0.6) is 0 Å². The molecule has 0 aliphatic rings. The normalized spacial score (nSPS) is 11.2. The second-order valence-corrected chi connectivity index (χ2v) is 8.04. The Balaban J connectivity index is 1.82. The maximum atomic E-state index is 12.6. The minimum absolute atomic E-state index is 0.0177. The SMILES string of the molecule is O=C(Nc1cccc(S(=O)(=O)Nc2ccccc2Cl)c1)c1ccc(Br)o1. The van der Waals surface area contributed by atoms with Crippen LogP contribution in [0.3, 0.4) is 0 Å². The van der Waals surface area contributed by atoms with Crippen molar-refractivity contribution in [1.29, 1.82) is 0 Å². The predicted octanol–water partition coefficient (Wildman–Crippen LogP) is 4.75. The van der Waals surface area contributed by atoms with Gasteiger partial charge in [-0.3, -0.25) is 9.52 Å². The van der Waals surface area contributed by atoms with Gasteiger partial charge in [0, 0.05) is 5.69 Å². The molecule has 0 saturated heterocycles. The number of anilines is 2. The van der Waals surface area contributed by atoms with Gasteiger partial charge in [-0.1, -0.05) is 29.8 Å². The summed E-state index contributed by atoms with van der Waals surface area (Å²) in [6, 6.07) is 15.4. The van der Waals surface area contributed by atoms with E-state index in [1.54, 1.807) is 36.4 Å². The van der Waals surface area contributed by atoms with E-state index in [0.29, 0.717) is 10.4 Å². The molecule has 0 unspecified atom stereocenters. The van der Waals surface area contributed by atoms with E-state index in [1.807, 2.05) is 0 Å². The van der Waals surface area contributed by atoms with Gasteiger partial charge in [-0.25, -0.2) is 8.42 Å². The summed E-state index contributed by atoms with van der Waals surface area (Å²) in [7, 11) is -3.87. The molecule has 2 N–H and O–H groups in total. The molecule has 26 heavy (non-hydrogen) atoms. The number of nitrogens with one attached hydrogen (secondary N) is 2. The number of hydrogen-bond acceptors (Lipinski definition) is 4. The molecular formula is C17H12BrClN2O4S. The molecule has 0 saturated carbocycles. The Hall–Kier alpha value is -2.29. The van der Waals surface area contributed by atoms with E-state index in [0.717, 1.165) is 0 Å². The Labute approximate surface area is 163 Å². The van der Waals surface area contributed by atoms with Gasteiger partial charge in [0.1, 0.15) is 0 Å². The summed E-state index contributed by atoms with van der Waals surface area (Å²) < 4.78 is 33.1. The van der Waals surface area contributed by atoms with Crippen molar-refractivity contribution in [3.8, 4) is 0 Å². The van der Waals surface area contributed by atoms with E-state index in [2.05, 4.69) is 26.0 Å². The van der Waals surface area contributed by atoms with Crippen LogP contribution in [-0.4, -0.2) is 14.3 Å². The Bertz CT molecular complexity index is 1070. The van der Waals surface area contributed by atoms with Crippen LogP contribution >= 0.6 is 27.5 Å². The number of carbonyl (C=O) groups excluding carboxylic acids is 1. The number of carbonyl (C=O) groups is 1. The van der Waals surface area contributed by atoms with Crippen LogP contribution in [0.4, 0.5) is 11.4 Å². The Morgan fingerprint density at radius 1 is 1.04 bits per heavy atom. The third-order valence-electron chi connectivity index (χ3n) is 3.32. The summed E-state index contributed by atoms with van der Waals surface area (Å²) in [5, 5.41) is 2.87. The van der Waals surface area contributed by atoms with Crippen molar-refractivity contribution < 1.29 is 17.6 Å². The molecule has 9 heteroatoms. The molecule has 3 aromatic rings. The highest BCUT2D eigenvalue weighted by Crippen LogP contribution is 2.25. The lowest BCUT2D eigenvalue weighted by Crippen LogP contribution is -2.15. The van der Waals surface area contributed by atoms with Crippen LogP contribution in [0.2, 0.25) is 5.02 Å². The van der Waals surface area contributed by atoms with Crippen LogP contribution < -0.4 is 10.0 Å². The van der Waals surface area contributed by atoms with E-state index in [1.165, 1.54) is 24.3 Å². The van der Waals surface area contributed by atoms with Gasteiger partial charge in [0.25, 0.3) is 15.9 Å². The van der Waals surface area contributed by atoms with Crippen LogP contribution in [-0.2, 0) is 10.0 Å². The van der Waals surface area contributed by atoms with E-state index in [9.17, 15) is 13.2 Å². The fraction of sp³-hybridized carbons (Fsp3) is 0. The van der Waals surface area contributed by atoms with Crippen molar-refractivity contribution in [2.24, 2.45) is 0 Å². The summed E-state index contributed by atoms with van der Waals surface area (Å²) in [5.41, 5.74) is 0.577. The Kier molecular flexibility index (Phi) is 5.36. The van der Waals surface area contributed by atoms with E-state index in [4.69, 9.17) is 16.0 Å². The van der Waals surface area contributed by atoms with Crippen molar-refractivity contribution in [3.63, 3.8) is 0 Å². The van der Waals surface area contributed by atoms with Gasteiger partial charge in [0.05, 0.1) is 15.6 Å². The molecule has 2 aromatic carbocycles. The van der Waals surface area contributed by atoms with E-state index < -0.39 is 15.9 Å². The van der Waals surface area contributed by atoms with Crippen molar-refractivity contribution in [2.75, 3.05) is 10.0 Å². The average molecular weight is 456 g/mol. The molecule has 0 aliphatic heterocycles. The smallest absolute Gasteiger partial charge is 0.291 e. The summed E-state index contributed by atoms with van der Waals surface area (Å²) in [5.74, 6) is -0.399. The zero-order chi connectivity index (χ0) is 18.7. The standard InChI is InChI=1S/C17H12BrClN2O4S/c18-16-9-8-15(25-16)17(22)20-11-4-3-5-12(10-11)26(23,24)21-14-7-2-1-6-13(14)19/h1-10,21H,(H,20,22).